The van der Waals surface area contributed by atoms with Crippen LogP contribution in [0, 0.1) is 11.6 Å². The molecule has 2 aromatic rings. The molecule has 26 heavy (non-hydrogen) atoms. The Bertz CT molecular complexity index is 797. The van der Waals surface area contributed by atoms with Crippen LogP contribution in [0.3, 0.4) is 0 Å². The van der Waals surface area contributed by atoms with E-state index in [2.05, 4.69) is 5.32 Å². The summed E-state index contributed by atoms with van der Waals surface area (Å²) < 4.78 is 34.1. The molecule has 5 nitrogen and oxygen atoms in total. The SMILES string of the molecule is CCOC(C)C(=O)N(C)c1c(F)ccc(NC(=O)c2ccccc2)c1F. The molecule has 2 amide bonds. The van der Waals surface area contributed by atoms with Crippen LogP contribution >= 0.6 is 0 Å². The first-order valence-corrected chi connectivity index (χ1v) is 8.10. The van der Waals surface area contributed by atoms with Crippen molar-refractivity contribution in [2.24, 2.45) is 0 Å². The van der Waals surface area contributed by atoms with Crippen LogP contribution in [0.5, 0.6) is 0 Å². The van der Waals surface area contributed by atoms with Crippen molar-refractivity contribution in [2.75, 3.05) is 23.9 Å². The van der Waals surface area contributed by atoms with Crippen LogP contribution in [-0.4, -0.2) is 31.6 Å². The van der Waals surface area contributed by atoms with Gasteiger partial charge in [-0.05, 0) is 38.1 Å². The predicted octanol–water partition coefficient (Wildman–Crippen LogP) is 3.60. The molecular weight excluding hydrogens is 342 g/mol. The molecule has 2 aromatic carbocycles. The number of amides is 2. The summed E-state index contributed by atoms with van der Waals surface area (Å²) in [5.41, 5.74) is -0.446. The van der Waals surface area contributed by atoms with Gasteiger partial charge < -0.3 is 15.0 Å². The molecule has 7 heteroatoms. The van der Waals surface area contributed by atoms with E-state index >= 15 is 0 Å². The van der Waals surface area contributed by atoms with Gasteiger partial charge in [-0.25, -0.2) is 8.78 Å². The largest absolute Gasteiger partial charge is 0.369 e. The van der Waals surface area contributed by atoms with E-state index in [0.29, 0.717) is 12.2 Å². The summed E-state index contributed by atoms with van der Waals surface area (Å²) >= 11 is 0. The molecule has 0 heterocycles. The number of hydrogen-bond donors (Lipinski definition) is 1. The fraction of sp³-hybridized carbons (Fsp3) is 0.263. The quantitative estimate of drug-likeness (QED) is 0.854. The van der Waals surface area contributed by atoms with E-state index in [1.165, 1.54) is 14.0 Å². The molecule has 0 bridgehead atoms. The molecule has 0 aliphatic carbocycles. The molecular formula is C19H20F2N2O3. The number of halogens is 2. The first-order chi connectivity index (χ1) is 12.4. The summed E-state index contributed by atoms with van der Waals surface area (Å²) in [4.78, 5) is 25.3. The Morgan fingerprint density at radius 2 is 1.81 bits per heavy atom. The average Bonchev–Trinajstić information content (AvgIpc) is 2.64. The minimum atomic E-state index is -1.03. The third-order valence-electron chi connectivity index (χ3n) is 3.78. The second-order valence-electron chi connectivity index (χ2n) is 5.57. The molecule has 0 saturated heterocycles. The van der Waals surface area contributed by atoms with Gasteiger partial charge in [-0.15, -0.1) is 0 Å². The Morgan fingerprint density at radius 1 is 1.15 bits per heavy atom. The third-order valence-corrected chi connectivity index (χ3v) is 3.78. The Balaban J connectivity index is 2.30. The van der Waals surface area contributed by atoms with Gasteiger partial charge in [0, 0.05) is 19.2 Å². The molecule has 1 unspecified atom stereocenters. The van der Waals surface area contributed by atoms with Gasteiger partial charge in [-0.2, -0.15) is 0 Å². The summed E-state index contributed by atoms with van der Waals surface area (Å²) in [7, 11) is 1.25. The van der Waals surface area contributed by atoms with E-state index < -0.39 is 35.2 Å². The zero-order chi connectivity index (χ0) is 19.3. The lowest BCUT2D eigenvalue weighted by Crippen LogP contribution is -2.37. The standard InChI is InChI=1S/C19H20F2N2O3/c1-4-26-12(2)19(25)23(3)17-14(20)10-11-15(16(17)21)22-18(24)13-8-6-5-7-9-13/h5-12H,4H2,1-3H3,(H,22,24). The zero-order valence-electron chi connectivity index (χ0n) is 14.8. The minimum absolute atomic E-state index is 0.223. The van der Waals surface area contributed by atoms with Crippen molar-refractivity contribution in [1.29, 1.82) is 0 Å². The van der Waals surface area contributed by atoms with E-state index in [1.54, 1.807) is 37.3 Å². The predicted molar refractivity (Wildman–Crippen MR) is 95.3 cm³/mol. The zero-order valence-corrected chi connectivity index (χ0v) is 14.8. The number of ether oxygens (including phenoxy) is 1. The van der Waals surface area contributed by atoms with E-state index in [1.807, 2.05) is 0 Å². The van der Waals surface area contributed by atoms with E-state index in [-0.39, 0.29) is 5.69 Å². The fourth-order valence-electron chi connectivity index (χ4n) is 2.43. The first-order valence-electron chi connectivity index (χ1n) is 8.10. The van der Waals surface area contributed by atoms with Crippen LogP contribution in [0.1, 0.15) is 24.2 Å². The van der Waals surface area contributed by atoms with Crippen molar-refractivity contribution in [3.05, 3.63) is 59.7 Å². The van der Waals surface area contributed by atoms with Gasteiger partial charge in [0.2, 0.25) is 0 Å². The average molecular weight is 362 g/mol. The normalized spacial score (nSPS) is 11.7. The number of nitrogens with one attached hydrogen (secondary N) is 1. The van der Waals surface area contributed by atoms with Gasteiger partial charge in [0.1, 0.15) is 17.6 Å². The fourth-order valence-corrected chi connectivity index (χ4v) is 2.43. The Labute approximate surface area is 150 Å². The van der Waals surface area contributed by atoms with Crippen molar-refractivity contribution in [2.45, 2.75) is 20.0 Å². The highest BCUT2D eigenvalue weighted by Crippen LogP contribution is 2.29. The smallest absolute Gasteiger partial charge is 0.255 e. The van der Waals surface area contributed by atoms with Gasteiger partial charge >= 0.3 is 0 Å². The summed E-state index contributed by atoms with van der Waals surface area (Å²) in [6, 6.07) is 10.3. The lowest BCUT2D eigenvalue weighted by atomic mass is 10.2. The molecule has 0 aromatic heterocycles. The maximum Gasteiger partial charge on any atom is 0.255 e. The molecule has 0 aliphatic heterocycles. The topological polar surface area (TPSA) is 58.6 Å². The summed E-state index contributed by atoms with van der Waals surface area (Å²) in [5.74, 6) is -3.09. The van der Waals surface area contributed by atoms with Crippen LogP contribution < -0.4 is 10.2 Å². The lowest BCUT2D eigenvalue weighted by Gasteiger charge is -2.23. The number of carbonyl (C=O) groups is 2. The molecule has 1 atom stereocenters. The maximum atomic E-state index is 14.8. The maximum absolute atomic E-state index is 14.8. The molecule has 0 aliphatic rings. The van der Waals surface area contributed by atoms with Gasteiger partial charge in [0.15, 0.2) is 5.82 Å². The third kappa shape index (κ3) is 4.23. The van der Waals surface area contributed by atoms with Crippen LogP contribution in [0.25, 0.3) is 0 Å². The number of benzene rings is 2. The van der Waals surface area contributed by atoms with Crippen molar-refractivity contribution >= 4 is 23.2 Å². The number of carbonyl (C=O) groups excluding carboxylic acids is 2. The van der Waals surface area contributed by atoms with E-state index in [4.69, 9.17) is 4.74 Å². The summed E-state index contributed by atoms with van der Waals surface area (Å²) in [6.45, 7) is 3.50. The van der Waals surface area contributed by atoms with Gasteiger partial charge in [0.05, 0.1) is 5.69 Å². The van der Waals surface area contributed by atoms with Gasteiger partial charge in [-0.1, -0.05) is 18.2 Å². The van der Waals surface area contributed by atoms with Crippen molar-refractivity contribution in [3.8, 4) is 0 Å². The Hall–Kier alpha value is -2.80. The molecule has 0 fully saturated rings. The number of likely N-dealkylation sites (N-methyl/N-ethyl adjacent to an activating group) is 1. The van der Waals surface area contributed by atoms with Crippen LogP contribution in [0.2, 0.25) is 0 Å². The second-order valence-corrected chi connectivity index (χ2v) is 5.57. The summed E-state index contributed by atoms with van der Waals surface area (Å²) in [6.07, 6.45) is -0.855. The van der Waals surface area contributed by atoms with Crippen molar-refractivity contribution in [3.63, 3.8) is 0 Å². The highest BCUT2D eigenvalue weighted by atomic mass is 19.1. The van der Waals surface area contributed by atoms with Gasteiger partial charge in [-0.3, -0.25) is 9.59 Å². The monoisotopic (exact) mass is 362 g/mol. The van der Waals surface area contributed by atoms with Crippen molar-refractivity contribution in [1.82, 2.24) is 0 Å². The lowest BCUT2D eigenvalue weighted by molar-refractivity contribution is -0.128. The van der Waals surface area contributed by atoms with E-state index in [0.717, 1.165) is 17.0 Å². The molecule has 138 valence electrons. The van der Waals surface area contributed by atoms with Crippen LogP contribution in [-0.2, 0) is 9.53 Å². The van der Waals surface area contributed by atoms with Crippen LogP contribution in [0.4, 0.5) is 20.2 Å². The molecule has 0 radical (unpaired) electrons. The number of anilines is 2. The number of hydrogen-bond acceptors (Lipinski definition) is 3. The van der Waals surface area contributed by atoms with Crippen LogP contribution in [0.15, 0.2) is 42.5 Å². The first kappa shape index (κ1) is 19.5. The van der Waals surface area contributed by atoms with Crippen molar-refractivity contribution < 1.29 is 23.1 Å². The second kappa shape index (κ2) is 8.53. The number of rotatable bonds is 6. The molecule has 1 N–H and O–H groups in total. The number of nitrogens with zero attached hydrogens (tertiary/aromatic N) is 1. The minimum Gasteiger partial charge on any atom is -0.369 e. The molecule has 2 rings (SSSR count). The molecule has 0 spiro atoms. The van der Waals surface area contributed by atoms with Gasteiger partial charge in [0.25, 0.3) is 11.8 Å². The molecule has 0 saturated carbocycles. The highest BCUT2D eigenvalue weighted by molar-refractivity contribution is 6.05. The Morgan fingerprint density at radius 3 is 2.42 bits per heavy atom. The highest BCUT2D eigenvalue weighted by Gasteiger charge is 2.26. The Kier molecular flexibility index (Phi) is 6.41. The summed E-state index contributed by atoms with van der Waals surface area (Å²) in [5, 5.41) is 2.39. The van der Waals surface area contributed by atoms with E-state index in [9.17, 15) is 18.4 Å².